The molecule has 2 N–H and O–H groups in total. The Balaban J connectivity index is 2.73. The van der Waals surface area contributed by atoms with Gasteiger partial charge in [0.2, 0.25) is 0 Å². The Labute approximate surface area is 105 Å². The van der Waals surface area contributed by atoms with Gasteiger partial charge in [-0.25, -0.2) is 4.98 Å². The van der Waals surface area contributed by atoms with Crippen LogP contribution in [0.5, 0.6) is 0 Å². The first kappa shape index (κ1) is 13.5. The van der Waals surface area contributed by atoms with Crippen molar-refractivity contribution in [2.45, 2.75) is 33.2 Å². The maximum absolute atomic E-state index is 8.99. The third-order valence-electron chi connectivity index (χ3n) is 2.63. The van der Waals surface area contributed by atoms with Crippen LogP contribution in [0.25, 0.3) is 0 Å². The van der Waals surface area contributed by atoms with Crippen molar-refractivity contribution in [3.05, 3.63) is 22.3 Å². The van der Waals surface area contributed by atoms with E-state index in [1.807, 2.05) is 13.0 Å². The summed E-state index contributed by atoms with van der Waals surface area (Å²) in [6, 6.07) is 2.27. The van der Waals surface area contributed by atoms with Crippen molar-refractivity contribution in [1.29, 1.82) is 0 Å². The van der Waals surface area contributed by atoms with E-state index in [0.717, 1.165) is 22.3 Å². The first-order valence-electron chi connectivity index (χ1n) is 5.54. The zero-order chi connectivity index (χ0) is 12.1. The lowest BCUT2D eigenvalue weighted by Crippen LogP contribution is -2.27. The topological polar surface area (TPSA) is 45.1 Å². The minimum atomic E-state index is 0.200. The van der Waals surface area contributed by atoms with Gasteiger partial charge < -0.3 is 10.4 Å². The van der Waals surface area contributed by atoms with Crippen molar-refractivity contribution in [2.24, 2.45) is 5.92 Å². The highest BCUT2D eigenvalue weighted by Gasteiger charge is 2.13. The molecular formula is C12H19BrN2O. The van der Waals surface area contributed by atoms with Crippen LogP contribution in [0.2, 0.25) is 0 Å². The molecule has 0 aliphatic rings. The Bertz CT molecular complexity index is 342. The summed E-state index contributed by atoms with van der Waals surface area (Å²) in [5.74, 6) is 1.34. The zero-order valence-corrected chi connectivity index (χ0v) is 11.6. The van der Waals surface area contributed by atoms with Gasteiger partial charge in [0.15, 0.2) is 0 Å². The molecule has 0 saturated carbocycles. The van der Waals surface area contributed by atoms with Gasteiger partial charge in [0.25, 0.3) is 0 Å². The van der Waals surface area contributed by atoms with Gasteiger partial charge in [-0.1, -0.05) is 13.8 Å². The molecule has 0 aliphatic carbocycles. The Hall–Kier alpha value is -0.610. The highest BCUT2D eigenvalue weighted by atomic mass is 79.9. The first-order valence-corrected chi connectivity index (χ1v) is 6.33. The molecule has 0 radical (unpaired) electrons. The molecule has 0 aromatic carbocycles. The number of anilines is 1. The van der Waals surface area contributed by atoms with Gasteiger partial charge in [-0.3, -0.25) is 0 Å². The molecule has 1 rings (SSSR count). The second kappa shape index (κ2) is 6.21. The molecule has 0 amide bonds. The van der Waals surface area contributed by atoms with E-state index in [1.165, 1.54) is 0 Å². The van der Waals surface area contributed by atoms with Gasteiger partial charge in [0.05, 0.1) is 0 Å². The molecule has 1 atom stereocenters. The summed E-state index contributed by atoms with van der Waals surface area (Å²) in [5.41, 5.74) is 1.16. The van der Waals surface area contributed by atoms with Crippen LogP contribution in [0.3, 0.4) is 0 Å². The molecule has 1 unspecified atom stereocenters. The third-order valence-corrected chi connectivity index (χ3v) is 3.46. The number of hydrogen-bond acceptors (Lipinski definition) is 3. The Morgan fingerprint density at radius 2 is 2.19 bits per heavy atom. The van der Waals surface area contributed by atoms with E-state index in [4.69, 9.17) is 5.11 Å². The highest BCUT2D eigenvalue weighted by molar-refractivity contribution is 9.10. The Kier molecular flexibility index (Phi) is 5.22. The lowest BCUT2D eigenvalue weighted by molar-refractivity contribution is 0.267. The monoisotopic (exact) mass is 286 g/mol. The number of pyridine rings is 1. The summed E-state index contributed by atoms with van der Waals surface area (Å²) in [6.07, 6.45) is 2.54. The van der Waals surface area contributed by atoms with Crippen molar-refractivity contribution in [3.63, 3.8) is 0 Å². The predicted octanol–water partition coefficient (Wildman–Crippen LogP) is 2.97. The average molecular weight is 287 g/mol. The molecule has 0 bridgehead atoms. The van der Waals surface area contributed by atoms with Crippen molar-refractivity contribution in [1.82, 2.24) is 4.98 Å². The Morgan fingerprint density at radius 1 is 1.50 bits per heavy atom. The second-order valence-electron chi connectivity index (χ2n) is 4.33. The molecule has 3 nitrogen and oxygen atoms in total. The van der Waals surface area contributed by atoms with E-state index < -0.39 is 0 Å². The number of aryl methyl sites for hydroxylation is 1. The van der Waals surface area contributed by atoms with Crippen LogP contribution >= 0.6 is 15.9 Å². The molecule has 0 spiro atoms. The van der Waals surface area contributed by atoms with Crippen LogP contribution in [-0.2, 0) is 0 Å². The van der Waals surface area contributed by atoms with E-state index in [-0.39, 0.29) is 12.6 Å². The van der Waals surface area contributed by atoms with E-state index in [9.17, 15) is 0 Å². The van der Waals surface area contributed by atoms with Crippen LogP contribution in [0.1, 0.15) is 25.8 Å². The summed E-state index contributed by atoms with van der Waals surface area (Å²) in [5, 5.41) is 12.3. The zero-order valence-electron chi connectivity index (χ0n) is 10.00. The minimum Gasteiger partial charge on any atom is -0.396 e. The fourth-order valence-electron chi connectivity index (χ4n) is 1.52. The van der Waals surface area contributed by atoms with Crippen LogP contribution in [0, 0.1) is 12.8 Å². The molecule has 1 aromatic rings. The second-order valence-corrected chi connectivity index (χ2v) is 5.18. The quantitative estimate of drug-likeness (QED) is 0.875. The number of aliphatic hydroxyl groups is 1. The van der Waals surface area contributed by atoms with Gasteiger partial charge in [0, 0.05) is 23.3 Å². The maximum Gasteiger partial charge on any atom is 0.126 e. The number of aliphatic hydroxyl groups excluding tert-OH is 1. The van der Waals surface area contributed by atoms with Crippen LogP contribution in [0.4, 0.5) is 5.82 Å². The van der Waals surface area contributed by atoms with Crippen molar-refractivity contribution < 1.29 is 5.11 Å². The average Bonchev–Trinajstić information content (AvgIpc) is 2.22. The van der Waals surface area contributed by atoms with E-state index in [1.54, 1.807) is 6.20 Å². The molecule has 0 fully saturated rings. The number of nitrogens with one attached hydrogen (secondary N) is 1. The number of rotatable bonds is 5. The maximum atomic E-state index is 8.99. The summed E-state index contributed by atoms with van der Waals surface area (Å²) in [4.78, 5) is 4.30. The summed E-state index contributed by atoms with van der Waals surface area (Å²) < 4.78 is 1.02. The highest BCUT2D eigenvalue weighted by Crippen LogP contribution is 2.19. The number of hydrogen-bond donors (Lipinski definition) is 2. The van der Waals surface area contributed by atoms with E-state index >= 15 is 0 Å². The first-order chi connectivity index (χ1) is 7.54. The normalized spacial score (nSPS) is 12.9. The molecule has 0 aliphatic heterocycles. The molecule has 0 saturated heterocycles. The van der Waals surface area contributed by atoms with E-state index in [0.29, 0.717) is 5.92 Å². The fraction of sp³-hybridized carbons (Fsp3) is 0.583. The minimum absolute atomic E-state index is 0.200. The molecular weight excluding hydrogens is 268 g/mol. The van der Waals surface area contributed by atoms with Gasteiger partial charge in [-0.2, -0.15) is 0 Å². The predicted molar refractivity (Wildman–Crippen MR) is 70.6 cm³/mol. The molecule has 16 heavy (non-hydrogen) atoms. The van der Waals surface area contributed by atoms with Crippen LogP contribution < -0.4 is 5.32 Å². The smallest absolute Gasteiger partial charge is 0.126 e. The van der Waals surface area contributed by atoms with Gasteiger partial charge in [0.1, 0.15) is 5.82 Å². The van der Waals surface area contributed by atoms with Gasteiger partial charge in [-0.15, -0.1) is 0 Å². The standard InChI is InChI=1S/C12H19BrN2O/c1-8(2)11(4-5-16)15-12-6-9(3)10(13)7-14-12/h6-8,11,16H,4-5H2,1-3H3,(H,14,15). The largest absolute Gasteiger partial charge is 0.396 e. The van der Waals surface area contributed by atoms with Crippen molar-refractivity contribution in [2.75, 3.05) is 11.9 Å². The SMILES string of the molecule is Cc1cc(NC(CCO)C(C)C)ncc1Br. The van der Waals surface area contributed by atoms with Crippen LogP contribution in [0.15, 0.2) is 16.7 Å². The van der Waals surface area contributed by atoms with Gasteiger partial charge >= 0.3 is 0 Å². The van der Waals surface area contributed by atoms with E-state index in [2.05, 4.69) is 40.1 Å². The fourth-order valence-corrected chi connectivity index (χ4v) is 1.74. The molecule has 1 aromatic heterocycles. The van der Waals surface area contributed by atoms with Crippen molar-refractivity contribution >= 4 is 21.7 Å². The number of halogens is 1. The summed E-state index contributed by atoms with van der Waals surface area (Å²) in [6.45, 7) is 6.51. The van der Waals surface area contributed by atoms with Gasteiger partial charge in [-0.05, 0) is 46.8 Å². The molecule has 4 heteroatoms. The lowest BCUT2D eigenvalue weighted by atomic mass is 10.0. The molecule has 90 valence electrons. The van der Waals surface area contributed by atoms with Crippen LogP contribution in [-0.4, -0.2) is 22.7 Å². The Morgan fingerprint density at radius 3 is 2.69 bits per heavy atom. The summed E-state index contributed by atoms with van der Waals surface area (Å²) in [7, 11) is 0. The molecule has 1 heterocycles. The van der Waals surface area contributed by atoms with Crippen molar-refractivity contribution in [3.8, 4) is 0 Å². The number of aromatic nitrogens is 1. The summed E-state index contributed by atoms with van der Waals surface area (Å²) >= 11 is 3.42. The number of nitrogens with zero attached hydrogens (tertiary/aromatic N) is 1. The third kappa shape index (κ3) is 3.76. The lowest BCUT2D eigenvalue weighted by Gasteiger charge is -2.22.